The molecule has 9 nitrogen and oxygen atoms in total. The van der Waals surface area contributed by atoms with Crippen LogP contribution in [0.1, 0.15) is 34.1 Å². The van der Waals surface area contributed by atoms with E-state index in [1.54, 1.807) is 27.7 Å². The number of carbonyl (C=O) groups is 1. The Hall–Kier alpha value is -2.11. The van der Waals surface area contributed by atoms with E-state index in [1.165, 1.54) is 4.90 Å². The molecule has 1 amide bonds. The summed E-state index contributed by atoms with van der Waals surface area (Å²) in [4.78, 5) is 19.1. The second-order valence-electron chi connectivity index (χ2n) is 5.67. The maximum atomic E-state index is 12.1. The van der Waals surface area contributed by atoms with Crippen LogP contribution in [0.2, 0.25) is 0 Å². The molecule has 0 saturated carbocycles. The van der Waals surface area contributed by atoms with E-state index in [-0.39, 0.29) is 6.04 Å². The van der Waals surface area contributed by atoms with Crippen molar-refractivity contribution >= 4 is 6.09 Å². The van der Waals surface area contributed by atoms with Gasteiger partial charge in [0.2, 0.25) is 0 Å². The number of hydrogen-bond donors (Lipinski definition) is 0. The van der Waals surface area contributed by atoms with Crippen LogP contribution in [0.25, 0.3) is 20.9 Å². The molecule has 0 aromatic heterocycles. The molecule has 0 aromatic carbocycles. The van der Waals surface area contributed by atoms with Crippen molar-refractivity contribution in [1.82, 2.24) is 4.90 Å². The summed E-state index contributed by atoms with van der Waals surface area (Å²) >= 11 is 0. The molecule has 20 heavy (non-hydrogen) atoms. The van der Waals surface area contributed by atoms with Crippen LogP contribution in [0, 0.1) is 0 Å². The lowest BCUT2D eigenvalue weighted by molar-refractivity contribution is 0.00758. The van der Waals surface area contributed by atoms with Gasteiger partial charge in [-0.3, -0.25) is 0 Å². The van der Waals surface area contributed by atoms with E-state index in [9.17, 15) is 4.79 Å². The molecule has 0 unspecified atom stereocenters. The highest BCUT2D eigenvalue weighted by Gasteiger charge is 2.38. The van der Waals surface area contributed by atoms with Crippen LogP contribution in [0.3, 0.4) is 0 Å². The van der Waals surface area contributed by atoms with Gasteiger partial charge in [0.1, 0.15) is 5.60 Å². The van der Waals surface area contributed by atoms with Crippen molar-refractivity contribution < 1.29 is 9.53 Å². The topological polar surface area (TPSA) is 127 Å². The molecule has 3 atom stereocenters. The molecule has 0 aliphatic carbocycles. The highest BCUT2D eigenvalue weighted by molar-refractivity contribution is 5.68. The van der Waals surface area contributed by atoms with Gasteiger partial charge >= 0.3 is 6.09 Å². The Labute approximate surface area is 117 Å². The van der Waals surface area contributed by atoms with Gasteiger partial charge in [-0.15, -0.1) is 0 Å². The average Bonchev–Trinajstić information content (AvgIpc) is 2.31. The molecule has 1 aliphatic rings. The number of likely N-dealkylation sites (tertiary alicyclic amines) is 1. The lowest BCUT2D eigenvalue weighted by Crippen LogP contribution is -2.54. The van der Waals surface area contributed by atoms with Crippen LogP contribution in [-0.4, -0.2) is 41.3 Å². The predicted octanol–water partition coefficient (Wildman–Crippen LogP) is 3.37. The Kier molecular flexibility index (Phi) is 5.07. The quantitative estimate of drug-likeness (QED) is 0.436. The molecular weight excluding hydrogens is 262 g/mol. The number of ether oxygens (including phenoxy) is 1. The number of nitrogens with zero attached hydrogens (tertiary/aromatic N) is 7. The summed E-state index contributed by atoms with van der Waals surface area (Å²) < 4.78 is 5.32. The van der Waals surface area contributed by atoms with E-state index in [0.717, 1.165) is 0 Å². The Morgan fingerprint density at radius 2 is 1.90 bits per heavy atom. The first kappa shape index (κ1) is 15.9. The monoisotopic (exact) mass is 281 g/mol. The van der Waals surface area contributed by atoms with Crippen LogP contribution < -0.4 is 0 Å². The second-order valence-corrected chi connectivity index (χ2v) is 5.67. The molecule has 0 aromatic rings. The van der Waals surface area contributed by atoms with Crippen molar-refractivity contribution in [2.75, 3.05) is 6.54 Å². The largest absolute Gasteiger partial charge is 0.444 e. The number of azide groups is 2. The molecule has 0 bridgehead atoms. The Morgan fingerprint density at radius 1 is 1.30 bits per heavy atom. The van der Waals surface area contributed by atoms with Gasteiger partial charge in [0, 0.05) is 28.5 Å². The fourth-order valence-corrected chi connectivity index (χ4v) is 2.16. The first-order chi connectivity index (χ1) is 9.30. The molecule has 0 radical (unpaired) electrons. The zero-order valence-corrected chi connectivity index (χ0v) is 12.1. The fraction of sp³-hybridized carbons (Fsp3) is 0.909. The zero-order valence-electron chi connectivity index (χ0n) is 12.1. The minimum atomic E-state index is -0.591. The minimum absolute atomic E-state index is 0.384. The smallest absolute Gasteiger partial charge is 0.410 e. The maximum absolute atomic E-state index is 12.1. The maximum Gasteiger partial charge on any atom is 0.410 e. The molecule has 1 aliphatic heterocycles. The fourth-order valence-electron chi connectivity index (χ4n) is 2.16. The van der Waals surface area contributed by atoms with E-state index in [2.05, 4.69) is 20.1 Å². The van der Waals surface area contributed by atoms with Crippen LogP contribution in [-0.2, 0) is 4.74 Å². The van der Waals surface area contributed by atoms with Crippen LogP contribution >= 0.6 is 0 Å². The Morgan fingerprint density at radius 3 is 2.40 bits per heavy atom. The number of hydrogen-bond acceptors (Lipinski definition) is 4. The summed E-state index contributed by atoms with van der Waals surface area (Å²) in [6.07, 6.45) is -0.0142. The summed E-state index contributed by atoms with van der Waals surface area (Å²) in [7, 11) is 0. The summed E-state index contributed by atoms with van der Waals surface area (Å²) in [6.45, 7) is 7.51. The summed E-state index contributed by atoms with van der Waals surface area (Å²) in [5.41, 5.74) is 16.6. The average molecular weight is 281 g/mol. The molecular formula is C11H19N7O2. The summed E-state index contributed by atoms with van der Waals surface area (Å²) in [6, 6.07) is -1.41. The number of piperidine rings is 1. The number of amides is 1. The molecule has 1 saturated heterocycles. The lowest BCUT2D eigenvalue weighted by atomic mass is 9.94. The van der Waals surface area contributed by atoms with Crippen molar-refractivity contribution in [1.29, 1.82) is 0 Å². The Balaban J connectivity index is 2.90. The van der Waals surface area contributed by atoms with Gasteiger partial charge in [0.15, 0.2) is 0 Å². The van der Waals surface area contributed by atoms with E-state index in [4.69, 9.17) is 15.8 Å². The predicted molar refractivity (Wildman–Crippen MR) is 72.9 cm³/mol. The highest BCUT2D eigenvalue weighted by atomic mass is 16.6. The minimum Gasteiger partial charge on any atom is -0.444 e. The third kappa shape index (κ3) is 3.94. The molecule has 0 spiro atoms. The summed E-state index contributed by atoms with van der Waals surface area (Å²) in [5, 5.41) is 7.30. The van der Waals surface area contributed by atoms with E-state index < -0.39 is 23.8 Å². The van der Waals surface area contributed by atoms with E-state index in [1.807, 2.05) is 0 Å². The first-order valence-electron chi connectivity index (χ1n) is 6.38. The first-order valence-corrected chi connectivity index (χ1v) is 6.38. The highest BCUT2D eigenvalue weighted by Crippen LogP contribution is 2.25. The van der Waals surface area contributed by atoms with Gasteiger partial charge < -0.3 is 9.64 Å². The van der Waals surface area contributed by atoms with Crippen molar-refractivity contribution in [3.05, 3.63) is 20.9 Å². The number of rotatable bonds is 2. The molecule has 1 rings (SSSR count). The van der Waals surface area contributed by atoms with E-state index in [0.29, 0.717) is 13.0 Å². The SMILES string of the molecule is C[C@H]1[C@H](N=[N+]=[N-])[C@H](N=[N+]=[N-])CCN1C(=O)OC(C)(C)C. The van der Waals surface area contributed by atoms with Gasteiger partial charge in [-0.2, -0.15) is 0 Å². The third-order valence-corrected chi connectivity index (χ3v) is 3.06. The van der Waals surface area contributed by atoms with Crippen molar-refractivity contribution in [3.8, 4) is 0 Å². The van der Waals surface area contributed by atoms with Crippen molar-refractivity contribution in [3.63, 3.8) is 0 Å². The molecule has 1 fully saturated rings. The van der Waals surface area contributed by atoms with Crippen LogP contribution in [0.4, 0.5) is 4.79 Å². The second kappa shape index (κ2) is 6.36. The lowest BCUT2D eigenvalue weighted by Gasteiger charge is -2.40. The molecule has 9 heteroatoms. The van der Waals surface area contributed by atoms with Gasteiger partial charge in [-0.05, 0) is 45.2 Å². The van der Waals surface area contributed by atoms with Gasteiger partial charge in [0.05, 0.1) is 6.04 Å². The molecule has 0 N–H and O–H groups in total. The van der Waals surface area contributed by atoms with E-state index >= 15 is 0 Å². The molecule has 1 heterocycles. The van der Waals surface area contributed by atoms with Gasteiger partial charge in [0.25, 0.3) is 0 Å². The number of carbonyl (C=O) groups excluding carboxylic acids is 1. The van der Waals surface area contributed by atoms with Crippen LogP contribution in [0.5, 0.6) is 0 Å². The standard InChI is InChI=1S/C11H19N7O2/c1-7-9(15-17-13)8(14-16-12)5-6-18(7)10(19)20-11(2,3)4/h7-9H,5-6H2,1-4H3/t7-,8+,9-/m0/s1. The molecule has 110 valence electrons. The third-order valence-electron chi connectivity index (χ3n) is 3.06. The normalized spacial score (nSPS) is 26.2. The Bertz CT molecular complexity index is 460. The zero-order chi connectivity index (χ0) is 15.3. The van der Waals surface area contributed by atoms with Crippen LogP contribution in [0.15, 0.2) is 10.2 Å². The van der Waals surface area contributed by atoms with Gasteiger partial charge in [-0.25, -0.2) is 4.79 Å². The van der Waals surface area contributed by atoms with Gasteiger partial charge in [-0.1, -0.05) is 10.2 Å². The van der Waals surface area contributed by atoms with Crippen molar-refractivity contribution in [2.24, 2.45) is 10.2 Å². The van der Waals surface area contributed by atoms with Crippen molar-refractivity contribution in [2.45, 2.75) is 57.8 Å². The summed E-state index contributed by atoms with van der Waals surface area (Å²) in [5.74, 6) is 0.